The predicted octanol–water partition coefficient (Wildman–Crippen LogP) is 1.92. The van der Waals surface area contributed by atoms with Gasteiger partial charge in [-0.15, -0.1) is 0 Å². The first kappa shape index (κ1) is 15.8. The van der Waals surface area contributed by atoms with Crippen LogP contribution in [0.2, 0.25) is 0 Å². The number of thioether (sulfide) groups is 1. The van der Waals surface area contributed by atoms with E-state index in [4.69, 9.17) is 0 Å². The summed E-state index contributed by atoms with van der Waals surface area (Å²) in [7, 11) is 3.84. The molecule has 0 aliphatic rings. The fraction of sp³-hybridized carbons (Fsp3) is 0.750. The van der Waals surface area contributed by atoms with Crippen LogP contribution >= 0.6 is 11.8 Å². The molecule has 0 saturated carbocycles. The Hall–Kier alpha value is -1.24. The van der Waals surface area contributed by atoms with Crippen molar-refractivity contribution in [3.63, 3.8) is 0 Å². The molecule has 19 heavy (non-hydrogen) atoms. The highest BCUT2D eigenvalue weighted by atomic mass is 32.2. The first-order valence-electron chi connectivity index (χ1n) is 6.50. The van der Waals surface area contributed by atoms with Gasteiger partial charge in [0.25, 0.3) is 0 Å². The van der Waals surface area contributed by atoms with Crippen molar-refractivity contribution in [2.24, 2.45) is 0 Å². The molecule has 0 radical (unpaired) electrons. The fourth-order valence-electron chi connectivity index (χ4n) is 1.39. The van der Waals surface area contributed by atoms with E-state index in [1.165, 1.54) is 0 Å². The van der Waals surface area contributed by atoms with Gasteiger partial charge in [0.1, 0.15) is 0 Å². The molecule has 1 unspecified atom stereocenters. The van der Waals surface area contributed by atoms with Crippen molar-refractivity contribution in [3.8, 4) is 0 Å². The Morgan fingerprint density at radius 2 is 1.79 bits per heavy atom. The standard InChI is InChI=1S/C12H24N6S/c1-6-13-10-15-11(14-8-7-9(2)19-5)17-12(16-10)18(3)4/h9H,6-8H2,1-5H3,(H2,13,14,15,16,17). The Labute approximate surface area is 119 Å². The third-order valence-electron chi connectivity index (χ3n) is 2.59. The summed E-state index contributed by atoms with van der Waals surface area (Å²) in [5, 5.41) is 7.02. The average molecular weight is 284 g/mol. The van der Waals surface area contributed by atoms with Crippen molar-refractivity contribution < 1.29 is 0 Å². The van der Waals surface area contributed by atoms with Gasteiger partial charge in [0, 0.05) is 32.4 Å². The zero-order valence-corrected chi connectivity index (χ0v) is 13.2. The Morgan fingerprint density at radius 3 is 2.32 bits per heavy atom. The van der Waals surface area contributed by atoms with Gasteiger partial charge in [0.05, 0.1) is 0 Å². The van der Waals surface area contributed by atoms with Crippen molar-refractivity contribution in [2.75, 3.05) is 49.0 Å². The highest BCUT2D eigenvalue weighted by Gasteiger charge is 2.07. The summed E-state index contributed by atoms with van der Waals surface area (Å²) in [5.41, 5.74) is 0. The van der Waals surface area contributed by atoms with E-state index >= 15 is 0 Å². The molecule has 1 aromatic rings. The summed E-state index contributed by atoms with van der Waals surface area (Å²) in [4.78, 5) is 14.9. The van der Waals surface area contributed by atoms with E-state index < -0.39 is 0 Å². The molecular weight excluding hydrogens is 260 g/mol. The quantitative estimate of drug-likeness (QED) is 0.756. The van der Waals surface area contributed by atoms with E-state index in [1.807, 2.05) is 37.7 Å². The van der Waals surface area contributed by atoms with E-state index in [0.29, 0.717) is 23.1 Å². The first-order valence-corrected chi connectivity index (χ1v) is 7.79. The maximum atomic E-state index is 4.38. The number of nitrogens with zero attached hydrogens (tertiary/aromatic N) is 4. The molecule has 0 aliphatic carbocycles. The Kier molecular flexibility index (Phi) is 6.69. The van der Waals surface area contributed by atoms with E-state index in [0.717, 1.165) is 19.5 Å². The van der Waals surface area contributed by atoms with Gasteiger partial charge >= 0.3 is 0 Å². The lowest BCUT2D eigenvalue weighted by molar-refractivity contribution is 0.839. The maximum absolute atomic E-state index is 4.38. The van der Waals surface area contributed by atoms with Gasteiger partial charge in [-0.05, 0) is 19.6 Å². The number of nitrogens with one attached hydrogen (secondary N) is 2. The zero-order valence-electron chi connectivity index (χ0n) is 12.4. The summed E-state index contributed by atoms with van der Waals surface area (Å²) in [6, 6.07) is 0. The monoisotopic (exact) mass is 284 g/mol. The molecule has 1 aromatic heterocycles. The van der Waals surface area contributed by atoms with Crippen molar-refractivity contribution in [1.82, 2.24) is 15.0 Å². The minimum Gasteiger partial charge on any atom is -0.354 e. The second-order valence-corrected chi connectivity index (χ2v) is 5.75. The van der Waals surface area contributed by atoms with E-state index in [1.54, 1.807) is 0 Å². The lowest BCUT2D eigenvalue weighted by Crippen LogP contribution is -2.18. The Morgan fingerprint density at radius 1 is 1.16 bits per heavy atom. The third kappa shape index (κ3) is 5.50. The minimum atomic E-state index is 0.613. The van der Waals surface area contributed by atoms with Crippen molar-refractivity contribution >= 4 is 29.6 Å². The van der Waals surface area contributed by atoms with Crippen LogP contribution in [0.4, 0.5) is 17.8 Å². The Balaban J connectivity index is 2.70. The van der Waals surface area contributed by atoms with Crippen LogP contribution < -0.4 is 15.5 Å². The molecular formula is C12H24N6S. The lowest BCUT2D eigenvalue weighted by Gasteiger charge is -2.14. The largest absolute Gasteiger partial charge is 0.354 e. The van der Waals surface area contributed by atoms with E-state index in [2.05, 4.69) is 38.8 Å². The lowest BCUT2D eigenvalue weighted by atomic mass is 10.3. The molecule has 6 nitrogen and oxygen atoms in total. The fourth-order valence-corrected chi connectivity index (χ4v) is 1.74. The zero-order chi connectivity index (χ0) is 14.3. The third-order valence-corrected chi connectivity index (χ3v) is 3.64. The minimum absolute atomic E-state index is 0.613. The van der Waals surface area contributed by atoms with Crippen molar-refractivity contribution in [2.45, 2.75) is 25.5 Å². The molecule has 0 spiro atoms. The maximum Gasteiger partial charge on any atom is 0.231 e. The van der Waals surface area contributed by atoms with Gasteiger partial charge in [-0.1, -0.05) is 6.92 Å². The molecule has 0 aliphatic heterocycles. The molecule has 0 aromatic carbocycles. The number of hydrogen-bond donors (Lipinski definition) is 2. The number of aromatic nitrogens is 3. The predicted molar refractivity (Wildman–Crippen MR) is 84.4 cm³/mol. The van der Waals surface area contributed by atoms with Gasteiger partial charge in [-0.2, -0.15) is 26.7 Å². The molecule has 2 N–H and O–H groups in total. The molecule has 0 saturated heterocycles. The summed E-state index contributed by atoms with van der Waals surface area (Å²) in [6.07, 6.45) is 3.21. The topological polar surface area (TPSA) is 66.0 Å². The van der Waals surface area contributed by atoms with Crippen LogP contribution in [0.1, 0.15) is 20.3 Å². The number of anilines is 3. The molecule has 1 heterocycles. The van der Waals surface area contributed by atoms with Crippen LogP contribution in [-0.4, -0.2) is 53.6 Å². The van der Waals surface area contributed by atoms with Gasteiger partial charge in [0.2, 0.25) is 17.8 Å². The SMILES string of the molecule is CCNc1nc(NCCC(C)SC)nc(N(C)C)n1. The molecule has 108 valence electrons. The summed E-state index contributed by atoms with van der Waals surface area (Å²) < 4.78 is 0. The molecule has 1 rings (SSSR count). The van der Waals surface area contributed by atoms with Crippen LogP contribution in [0.15, 0.2) is 0 Å². The van der Waals surface area contributed by atoms with Gasteiger partial charge in [-0.25, -0.2) is 0 Å². The summed E-state index contributed by atoms with van der Waals surface area (Å²) in [6.45, 7) is 5.89. The summed E-state index contributed by atoms with van der Waals surface area (Å²) in [5.74, 6) is 1.90. The normalized spacial score (nSPS) is 12.1. The van der Waals surface area contributed by atoms with Gasteiger partial charge < -0.3 is 15.5 Å². The number of hydrogen-bond acceptors (Lipinski definition) is 7. The molecule has 0 fully saturated rings. The van der Waals surface area contributed by atoms with Crippen molar-refractivity contribution in [1.29, 1.82) is 0 Å². The smallest absolute Gasteiger partial charge is 0.231 e. The molecule has 7 heteroatoms. The van der Waals surface area contributed by atoms with Gasteiger partial charge in [-0.3, -0.25) is 0 Å². The summed E-state index contributed by atoms with van der Waals surface area (Å²) >= 11 is 1.87. The van der Waals surface area contributed by atoms with Crippen LogP contribution in [0.5, 0.6) is 0 Å². The van der Waals surface area contributed by atoms with Gasteiger partial charge in [0.15, 0.2) is 0 Å². The Bertz CT molecular complexity index is 384. The van der Waals surface area contributed by atoms with Crippen LogP contribution in [0.25, 0.3) is 0 Å². The average Bonchev–Trinajstić information content (AvgIpc) is 2.38. The second-order valence-electron chi connectivity index (χ2n) is 4.47. The van der Waals surface area contributed by atoms with Crippen LogP contribution in [-0.2, 0) is 0 Å². The van der Waals surface area contributed by atoms with E-state index in [9.17, 15) is 0 Å². The highest BCUT2D eigenvalue weighted by Crippen LogP contribution is 2.13. The number of rotatable bonds is 8. The second kappa shape index (κ2) is 8.04. The highest BCUT2D eigenvalue weighted by molar-refractivity contribution is 7.99. The first-order chi connectivity index (χ1) is 9.06. The molecule has 1 atom stereocenters. The molecule has 0 bridgehead atoms. The van der Waals surface area contributed by atoms with Crippen LogP contribution in [0, 0.1) is 0 Å². The van der Waals surface area contributed by atoms with Crippen LogP contribution in [0.3, 0.4) is 0 Å². The van der Waals surface area contributed by atoms with Crippen molar-refractivity contribution in [3.05, 3.63) is 0 Å². The molecule has 0 amide bonds. The van der Waals surface area contributed by atoms with E-state index in [-0.39, 0.29) is 0 Å².